The third kappa shape index (κ3) is 4.17. The van der Waals surface area contributed by atoms with Crippen LogP contribution in [0.15, 0.2) is 27.6 Å². The summed E-state index contributed by atoms with van der Waals surface area (Å²) in [4.78, 5) is 13.7. The second-order valence-electron chi connectivity index (χ2n) is 7.95. The van der Waals surface area contributed by atoms with E-state index < -0.39 is 10.0 Å². The van der Waals surface area contributed by atoms with Crippen molar-refractivity contribution in [2.75, 3.05) is 11.9 Å². The van der Waals surface area contributed by atoms with Gasteiger partial charge in [-0.1, -0.05) is 5.16 Å². The van der Waals surface area contributed by atoms with E-state index in [9.17, 15) is 8.42 Å². The maximum atomic E-state index is 13.4. The lowest BCUT2D eigenvalue weighted by Gasteiger charge is -2.24. The molecule has 0 amide bonds. The van der Waals surface area contributed by atoms with Crippen molar-refractivity contribution < 1.29 is 12.9 Å². The van der Waals surface area contributed by atoms with E-state index in [0.29, 0.717) is 36.1 Å². The van der Waals surface area contributed by atoms with E-state index in [2.05, 4.69) is 25.4 Å². The lowest BCUT2D eigenvalue weighted by atomic mass is 10.1. The first-order valence-corrected chi connectivity index (χ1v) is 11.6. The van der Waals surface area contributed by atoms with Crippen LogP contribution in [0, 0.1) is 34.6 Å². The Labute approximate surface area is 182 Å². The zero-order valence-electron chi connectivity index (χ0n) is 18.3. The molecule has 1 N–H and O–H groups in total. The molecule has 9 nitrogen and oxygen atoms in total. The lowest BCUT2D eigenvalue weighted by Crippen LogP contribution is -2.31. The van der Waals surface area contributed by atoms with Gasteiger partial charge in [0.15, 0.2) is 5.76 Å². The van der Waals surface area contributed by atoms with Crippen LogP contribution in [0.4, 0.5) is 11.6 Å². The molecule has 0 radical (unpaired) electrons. The van der Waals surface area contributed by atoms with Crippen molar-refractivity contribution in [3.63, 3.8) is 0 Å². The Hall–Kier alpha value is -2.85. The fraction of sp³-hybridized carbons (Fsp3) is 0.429. The molecule has 0 saturated carbocycles. The van der Waals surface area contributed by atoms with Crippen LogP contribution in [0.1, 0.15) is 53.1 Å². The standard InChI is InChI=1S/C21H26N6O3S/c1-12-9-13(2)24-21(23-12)25-17-10-14(3)22-18(11-17)19-7-6-8-27(19)31(28,29)20-15(4)26-30-16(20)5/h9-11,19H,6-8H2,1-5H3,(H,22,23,24,25)/t19-/m0/s1. The number of sulfonamides is 1. The van der Waals surface area contributed by atoms with Gasteiger partial charge in [-0.3, -0.25) is 4.98 Å². The number of hydrogen-bond acceptors (Lipinski definition) is 8. The molecule has 1 aliphatic rings. The summed E-state index contributed by atoms with van der Waals surface area (Å²) >= 11 is 0. The predicted octanol–water partition coefficient (Wildman–Crippen LogP) is 3.67. The highest BCUT2D eigenvalue weighted by molar-refractivity contribution is 7.89. The Kier molecular flexibility index (Phi) is 5.52. The molecule has 0 spiro atoms. The molecule has 1 fully saturated rings. The predicted molar refractivity (Wildman–Crippen MR) is 116 cm³/mol. The molecule has 0 bridgehead atoms. The monoisotopic (exact) mass is 442 g/mol. The summed E-state index contributed by atoms with van der Waals surface area (Å²) in [5, 5.41) is 7.05. The zero-order valence-corrected chi connectivity index (χ0v) is 19.1. The number of nitrogens with one attached hydrogen (secondary N) is 1. The van der Waals surface area contributed by atoms with Gasteiger partial charge in [0.25, 0.3) is 0 Å². The number of pyridine rings is 1. The maximum absolute atomic E-state index is 13.4. The third-order valence-electron chi connectivity index (χ3n) is 5.29. The second kappa shape index (κ2) is 8.01. The molecule has 1 aliphatic heterocycles. The normalized spacial score (nSPS) is 17.3. The minimum Gasteiger partial charge on any atom is -0.360 e. The van der Waals surface area contributed by atoms with Crippen molar-refractivity contribution in [1.82, 2.24) is 24.4 Å². The first-order valence-electron chi connectivity index (χ1n) is 10.2. The van der Waals surface area contributed by atoms with Gasteiger partial charge in [-0.15, -0.1) is 0 Å². The van der Waals surface area contributed by atoms with Crippen molar-refractivity contribution in [2.24, 2.45) is 0 Å². The lowest BCUT2D eigenvalue weighted by molar-refractivity contribution is 0.381. The molecule has 0 aromatic carbocycles. The molecule has 4 heterocycles. The Morgan fingerprint density at radius 2 is 1.68 bits per heavy atom. The highest BCUT2D eigenvalue weighted by Crippen LogP contribution is 2.38. The Morgan fingerprint density at radius 3 is 2.32 bits per heavy atom. The minimum absolute atomic E-state index is 0.147. The maximum Gasteiger partial charge on any atom is 0.249 e. The molecule has 3 aromatic heterocycles. The molecule has 4 rings (SSSR count). The number of anilines is 2. The largest absolute Gasteiger partial charge is 0.360 e. The number of nitrogens with zero attached hydrogens (tertiary/aromatic N) is 5. The van der Waals surface area contributed by atoms with Crippen LogP contribution in [-0.2, 0) is 10.0 Å². The molecule has 0 unspecified atom stereocenters. The summed E-state index contributed by atoms with van der Waals surface area (Å²) in [6, 6.07) is 5.32. The van der Waals surface area contributed by atoms with Crippen LogP contribution in [0.25, 0.3) is 0 Å². The molecular formula is C21H26N6O3S. The topological polar surface area (TPSA) is 114 Å². The van der Waals surface area contributed by atoms with Crippen molar-refractivity contribution >= 4 is 21.7 Å². The van der Waals surface area contributed by atoms with Crippen LogP contribution in [0.2, 0.25) is 0 Å². The summed E-state index contributed by atoms with van der Waals surface area (Å²) in [5.41, 5.74) is 4.36. The van der Waals surface area contributed by atoms with Gasteiger partial charge >= 0.3 is 0 Å². The fourth-order valence-corrected chi connectivity index (χ4v) is 6.10. The number of hydrogen-bond donors (Lipinski definition) is 1. The van der Waals surface area contributed by atoms with Gasteiger partial charge in [-0.25, -0.2) is 18.4 Å². The third-order valence-corrected chi connectivity index (χ3v) is 7.44. The minimum atomic E-state index is -3.76. The molecular weight excluding hydrogens is 416 g/mol. The van der Waals surface area contributed by atoms with Crippen molar-refractivity contribution in [2.45, 2.75) is 58.4 Å². The Morgan fingerprint density at radius 1 is 1.00 bits per heavy atom. The van der Waals surface area contributed by atoms with Gasteiger partial charge < -0.3 is 9.84 Å². The number of aryl methyl sites for hydroxylation is 5. The smallest absolute Gasteiger partial charge is 0.249 e. The summed E-state index contributed by atoms with van der Waals surface area (Å²) < 4.78 is 33.5. The fourth-order valence-electron chi connectivity index (χ4n) is 4.13. The highest BCUT2D eigenvalue weighted by Gasteiger charge is 2.40. The number of aromatic nitrogens is 4. The van der Waals surface area contributed by atoms with Crippen molar-refractivity contribution in [1.29, 1.82) is 0 Å². The van der Waals surface area contributed by atoms with E-state index in [4.69, 9.17) is 4.52 Å². The first-order chi connectivity index (χ1) is 14.6. The highest BCUT2D eigenvalue weighted by atomic mass is 32.2. The van der Waals surface area contributed by atoms with Crippen LogP contribution in [0.5, 0.6) is 0 Å². The van der Waals surface area contributed by atoms with Gasteiger partial charge in [0.05, 0.1) is 11.7 Å². The van der Waals surface area contributed by atoms with Crippen LogP contribution in [-0.4, -0.2) is 39.4 Å². The van der Waals surface area contributed by atoms with E-state index in [1.165, 1.54) is 4.31 Å². The van der Waals surface area contributed by atoms with Gasteiger partial charge in [0, 0.05) is 29.3 Å². The summed E-state index contributed by atoms with van der Waals surface area (Å²) in [7, 11) is -3.76. The summed E-state index contributed by atoms with van der Waals surface area (Å²) in [6.07, 6.45) is 1.45. The molecule has 0 aliphatic carbocycles. The van der Waals surface area contributed by atoms with Crippen LogP contribution in [0.3, 0.4) is 0 Å². The van der Waals surface area contributed by atoms with E-state index in [1.54, 1.807) is 13.8 Å². The summed E-state index contributed by atoms with van der Waals surface area (Å²) in [5.74, 6) is 0.801. The second-order valence-corrected chi connectivity index (χ2v) is 9.78. The van der Waals surface area contributed by atoms with E-state index in [1.807, 2.05) is 39.0 Å². The van der Waals surface area contributed by atoms with Gasteiger partial charge in [0.1, 0.15) is 10.6 Å². The van der Waals surface area contributed by atoms with Crippen LogP contribution >= 0.6 is 0 Å². The first kappa shape index (κ1) is 21.4. The molecule has 1 saturated heterocycles. The van der Waals surface area contributed by atoms with Crippen molar-refractivity contribution in [3.05, 3.63) is 52.4 Å². The molecule has 10 heteroatoms. The average molecular weight is 443 g/mol. The van der Waals surface area contributed by atoms with E-state index >= 15 is 0 Å². The quantitative estimate of drug-likeness (QED) is 0.636. The summed E-state index contributed by atoms with van der Waals surface area (Å²) in [6.45, 7) is 9.41. The molecule has 1 atom stereocenters. The van der Waals surface area contributed by atoms with Crippen LogP contribution < -0.4 is 5.32 Å². The molecule has 31 heavy (non-hydrogen) atoms. The Balaban J connectivity index is 1.69. The SMILES string of the molecule is Cc1cc(Nc2nc(C)cc(C)n2)cc([C@@H]2CCCN2S(=O)(=O)c2c(C)noc2C)n1. The molecule has 164 valence electrons. The van der Waals surface area contributed by atoms with Gasteiger partial charge in [-0.2, -0.15) is 4.31 Å². The van der Waals surface area contributed by atoms with Crippen molar-refractivity contribution in [3.8, 4) is 0 Å². The zero-order chi connectivity index (χ0) is 22.3. The van der Waals surface area contributed by atoms with Gasteiger partial charge in [-0.05, 0) is 65.7 Å². The van der Waals surface area contributed by atoms with E-state index in [-0.39, 0.29) is 10.9 Å². The van der Waals surface area contributed by atoms with Gasteiger partial charge in [0.2, 0.25) is 16.0 Å². The average Bonchev–Trinajstić information content (AvgIpc) is 3.28. The Bertz CT molecular complexity index is 1200. The molecule has 3 aromatic rings. The number of rotatable bonds is 5. The van der Waals surface area contributed by atoms with E-state index in [0.717, 1.165) is 29.2 Å².